The summed E-state index contributed by atoms with van der Waals surface area (Å²) in [5, 5.41) is 10.4. The second kappa shape index (κ2) is 12.2. The van der Waals surface area contributed by atoms with Gasteiger partial charge < -0.3 is 4.90 Å². The van der Waals surface area contributed by atoms with Crippen LogP contribution >= 0.6 is 22.7 Å². The van der Waals surface area contributed by atoms with E-state index in [1.54, 1.807) is 0 Å². The van der Waals surface area contributed by atoms with Crippen molar-refractivity contribution in [3.05, 3.63) is 188 Å². The van der Waals surface area contributed by atoms with Crippen molar-refractivity contribution in [2.24, 2.45) is 0 Å². The fourth-order valence-corrected chi connectivity index (χ4v) is 10.6. The van der Waals surface area contributed by atoms with E-state index < -0.39 is 0 Å². The highest BCUT2D eigenvalue weighted by atomic mass is 32.1. The molecule has 0 spiro atoms. The lowest BCUT2D eigenvalue weighted by Gasteiger charge is -2.26. The van der Waals surface area contributed by atoms with Gasteiger partial charge in [0.2, 0.25) is 0 Å². The second-order valence-electron chi connectivity index (χ2n) is 13.7. The molecule has 0 fully saturated rings. The summed E-state index contributed by atoms with van der Waals surface area (Å²) in [5.74, 6) is 0. The molecule has 0 saturated carbocycles. The van der Waals surface area contributed by atoms with E-state index in [4.69, 9.17) is 0 Å². The number of thiophene rings is 2. The van der Waals surface area contributed by atoms with Crippen LogP contribution in [-0.2, 0) is 0 Å². The molecule has 248 valence electrons. The molecule has 0 bridgehead atoms. The van der Waals surface area contributed by atoms with Gasteiger partial charge in [0.25, 0.3) is 0 Å². The fourth-order valence-electron chi connectivity index (χ4n) is 8.24. The predicted molar refractivity (Wildman–Crippen MR) is 233 cm³/mol. The maximum atomic E-state index is 2.46. The number of benzene rings is 9. The van der Waals surface area contributed by atoms with Crippen molar-refractivity contribution in [3.63, 3.8) is 0 Å². The van der Waals surface area contributed by atoms with Crippen LogP contribution in [0.5, 0.6) is 0 Å². The normalized spacial score (nSPS) is 11.8. The first-order valence-corrected chi connectivity index (χ1v) is 19.6. The molecular formula is C50H31NS2. The highest BCUT2D eigenvalue weighted by molar-refractivity contribution is 7.26. The summed E-state index contributed by atoms with van der Waals surface area (Å²) >= 11 is 3.76. The van der Waals surface area contributed by atoms with Crippen LogP contribution in [-0.4, -0.2) is 0 Å². The van der Waals surface area contributed by atoms with Gasteiger partial charge in [-0.2, -0.15) is 0 Å². The van der Waals surface area contributed by atoms with Crippen LogP contribution in [0.2, 0.25) is 0 Å². The zero-order valence-electron chi connectivity index (χ0n) is 28.7. The first-order chi connectivity index (χ1) is 26.3. The minimum atomic E-state index is 1.13. The predicted octanol–water partition coefficient (Wildman–Crippen LogP) is 15.5. The molecule has 0 unspecified atom stereocenters. The summed E-state index contributed by atoms with van der Waals surface area (Å²) in [7, 11) is 0. The van der Waals surface area contributed by atoms with Crippen molar-refractivity contribution in [1.82, 2.24) is 0 Å². The third kappa shape index (κ3) is 4.89. The molecule has 2 heterocycles. The maximum Gasteiger partial charge on any atom is 0.0640 e. The SMILES string of the molecule is c1ccc(-c2cccc3cccc(-c4ccc(N(c5ccc6c(c5)sc5ccc7ccccc7c56)c5cccc6c5sc5ccccc56)cc4)c23)cc1. The van der Waals surface area contributed by atoms with Crippen LogP contribution in [0.3, 0.4) is 0 Å². The molecule has 0 N–H and O–H groups in total. The number of nitrogens with zero attached hydrogens (tertiary/aromatic N) is 1. The van der Waals surface area contributed by atoms with Crippen molar-refractivity contribution in [1.29, 1.82) is 0 Å². The lowest BCUT2D eigenvalue weighted by Crippen LogP contribution is -2.10. The number of hydrogen-bond acceptors (Lipinski definition) is 3. The third-order valence-corrected chi connectivity index (χ3v) is 13.0. The van der Waals surface area contributed by atoms with Gasteiger partial charge >= 0.3 is 0 Å². The maximum absolute atomic E-state index is 2.46. The van der Waals surface area contributed by atoms with Crippen LogP contribution in [0.25, 0.3) is 84.1 Å². The molecule has 2 aromatic heterocycles. The first kappa shape index (κ1) is 30.4. The van der Waals surface area contributed by atoms with Gasteiger partial charge in [0, 0.05) is 47.0 Å². The number of hydrogen-bond donors (Lipinski definition) is 0. The quantitative estimate of drug-likeness (QED) is 0.172. The van der Waals surface area contributed by atoms with Gasteiger partial charge in [0.05, 0.1) is 10.4 Å². The monoisotopic (exact) mass is 709 g/mol. The lowest BCUT2D eigenvalue weighted by molar-refractivity contribution is 1.31. The smallest absolute Gasteiger partial charge is 0.0640 e. The van der Waals surface area contributed by atoms with E-state index in [0.717, 1.165) is 11.4 Å². The topological polar surface area (TPSA) is 3.24 Å². The van der Waals surface area contributed by atoms with E-state index in [1.807, 2.05) is 22.7 Å². The lowest BCUT2D eigenvalue weighted by atomic mass is 9.91. The molecule has 9 aromatic carbocycles. The van der Waals surface area contributed by atoms with Gasteiger partial charge in [-0.15, -0.1) is 22.7 Å². The Hall–Kier alpha value is -6.26. The number of fused-ring (bicyclic) bond motifs is 9. The Morgan fingerprint density at radius 1 is 0.340 bits per heavy atom. The Bertz CT molecular complexity index is 3160. The van der Waals surface area contributed by atoms with Crippen LogP contribution in [0.15, 0.2) is 188 Å². The number of anilines is 3. The van der Waals surface area contributed by atoms with E-state index >= 15 is 0 Å². The molecule has 53 heavy (non-hydrogen) atoms. The summed E-state index contributed by atoms with van der Waals surface area (Å²) in [6.45, 7) is 0. The summed E-state index contributed by atoms with van der Waals surface area (Å²) in [5.41, 5.74) is 8.41. The molecule has 0 aliphatic carbocycles. The van der Waals surface area contributed by atoms with Gasteiger partial charge in [-0.1, -0.05) is 146 Å². The first-order valence-electron chi connectivity index (χ1n) is 18.0. The number of rotatable bonds is 5. The van der Waals surface area contributed by atoms with E-state index in [-0.39, 0.29) is 0 Å². The Labute approximate surface area is 315 Å². The van der Waals surface area contributed by atoms with Gasteiger partial charge in [0.1, 0.15) is 0 Å². The highest BCUT2D eigenvalue weighted by Gasteiger charge is 2.20. The Kier molecular flexibility index (Phi) is 6.97. The van der Waals surface area contributed by atoms with Gasteiger partial charge in [-0.3, -0.25) is 0 Å². The molecule has 0 aliphatic heterocycles. The van der Waals surface area contributed by atoms with Crippen LogP contribution in [0, 0.1) is 0 Å². The summed E-state index contributed by atoms with van der Waals surface area (Å²) in [6.07, 6.45) is 0. The van der Waals surface area contributed by atoms with E-state index in [0.29, 0.717) is 0 Å². The van der Waals surface area contributed by atoms with Crippen molar-refractivity contribution >= 4 is 102 Å². The second-order valence-corrected chi connectivity index (χ2v) is 15.8. The average Bonchev–Trinajstić information content (AvgIpc) is 3.80. The van der Waals surface area contributed by atoms with Crippen LogP contribution < -0.4 is 4.90 Å². The van der Waals surface area contributed by atoms with Crippen molar-refractivity contribution in [3.8, 4) is 22.3 Å². The standard InChI is InChI=1S/C50H31NS2/c1-2-11-32(12-3-1)38-18-8-14-35-15-9-19-39(48(35)38)34-23-26-36(27-24-34)51(44-21-10-20-42-41-17-6-7-22-45(41)53-50(42)44)37-28-29-43-47(31-37)52-46-30-25-33-13-4-5-16-40(33)49(43)46/h1-31H. The molecule has 0 radical (unpaired) electrons. The Morgan fingerprint density at radius 2 is 1.00 bits per heavy atom. The van der Waals surface area contributed by atoms with Crippen LogP contribution in [0.1, 0.15) is 0 Å². The van der Waals surface area contributed by atoms with Gasteiger partial charge in [0.15, 0.2) is 0 Å². The van der Waals surface area contributed by atoms with Gasteiger partial charge in [-0.05, 0) is 86.3 Å². The minimum absolute atomic E-state index is 1.13. The Balaban J connectivity index is 1.11. The Morgan fingerprint density at radius 3 is 1.83 bits per heavy atom. The summed E-state index contributed by atoms with van der Waals surface area (Å²) in [6, 6.07) is 69.1. The highest BCUT2D eigenvalue weighted by Crippen LogP contribution is 2.47. The molecule has 11 aromatic rings. The molecule has 0 amide bonds. The van der Waals surface area contributed by atoms with Crippen molar-refractivity contribution in [2.45, 2.75) is 0 Å². The fraction of sp³-hybridized carbons (Fsp3) is 0. The zero-order chi connectivity index (χ0) is 34.9. The van der Waals surface area contributed by atoms with Gasteiger partial charge in [-0.25, -0.2) is 0 Å². The summed E-state index contributed by atoms with van der Waals surface area (Å²) < 4.78 is 5.22. The third-order valence-electron chi connectivity index (χ3n) is 10.7. The van der Waals surface area contributed by atoms with E-state index in [1.165, 1.54) is 89.8 Å². The van der Waals surface area contributed by atoms with E-state index in [2.05, 4.69) is 193 Å². The molecule has 0 aliphatic rings. The van der Waals surface area contributed by atoms with Crippen molar-refractivity contribution in [2.75, 3.05) is 4.90 Å². The average molecular weight is 710 g/mol. The summed E-state index contributed by atoms with van der Waals surface area (Å²) in [4.78, 5) is 2.46. The zero-order valence-corrected chi connectivity index (χ0v) is 30.3. The molecule has 3 heteroatoms. The van der Waals surface area contributed by atoms with Crippen molar-refractivity contribution < 1.29 is 0 Å². The molecule has 0 atom stereocenters. The van der Waals surface area contributed by atoms with E-state index in [9.17, 15) is 0 Å². The molecule has 11 rings (SSSR count). The molecular weight excluding hydrogens is 679 g/mol. The largest absolute Gasteiger partial charge is 0.309 e. The minimum Gasteiger partial charge on any atom is -0.309 e. The van der Waals surface area contributed by atoms with Crippen LogP contribution in [0.4, 0.5) is 17.1 Å². The molecule has 1 nitrogen and oxygen atoms in total. The molecule has 0 saturated heterocycles.